The summed E-state index contributed by atoms with van der Waals surface area (Å²) in [6, 6.07) is 8.26. The fourth-order valence-electron chi connectivity index (χ4n) is 2.11. The van der Waals surface area contributed by atoms with Crippen LogP contribution in [-0.4, -0.2) is 18.1 Å². The predicted molar refractivity (Wildman–Crippen MR) is 74.8 cm³/mol. The van der Waals surface area contributed by atoms with Crippen molar-refractivity contribution in [1.82, 2.24) is 4.98 Å². The minimum Gasteiger partial charge on any atom is -0.465 e. The van der Waals surface area contributed by atoms with E-state index in [2.05, 4.69) is 26.8 Å². The number of thiazole rings is 1. The van der Waals surface area contributed by atoms with Crippen LogP contribution in [0.4, 0.5) is 5.13 Å². The first-order valence-electron chi connectivity index (χ1n) is 5.75. The molecule has 4 nitrogen and oxygen atoms in total. The van der Waals surface area contributed by atoms with Gasteiger partial charge in [-0.2, -0.15) is 0 Å². The summed E-state index contributed by atoms with van der Waals surface area (Å²) in [6.07, 6.45) is 0. The van der Waals surface area contributed by atoms with Gasteiger partial charge in [0, 0.05) is 13.1 Å². The van der Waals surface area contributed by atoms with E-state index in [-0.39, 0.29) is 5.15 Å². The van der Waals surface area contributed by atoms with Crippen molar-refractivity contribution in [2.24, 2.45) is 0 Å². The Labute approximate surface area is 119 Å². The van der Waals surface area contributed by atoms with E-state index in [1.54, 1.807) is 0 Å². The molecule has 3 rings (SSSR count). The summed E-state index contributed by atoms with van der Waals surface area (Å²) in [5.41, 5.74) is 2.57. The van der Waals surface area contributed by atoms with E-state index in [0.717, 1.165) is 18.2 Å². The number of carbonyl (C=O) groups excluding carboxylic acids is 1. The maximum atomic E-state index is 11.5. The van der Waals surface area contributed by atoms with Gasteiger partial charge in [-0.1, -0.05) is 47.2 Å². The lowest BCUT2D eigenvalue weighted by Crippen LogP contribution is -2.13. The Morgan fingerprint density at radius 3 is 2.58 bits per heavy atom. The number of esters is 1. The third-order valence-corrected chi connectivity index (χ3v) is 4.54. The van der Waals surface area contributed by atoms with Crippen molar-refractivity contribution < 1.29 is 9.53 Å². The van der Waals surface area contributed by atoms with Crippen molar-refractivity contribution in [1.29, 1.82) is 0 Å². The lowest BCUT2D eigenvalue weighted by molar-refractivity contribution is 0.0606. The highest BCUT2D eigenvalue weighted by molar-refractivity contribution is 7.18. The Kier molecular flexibility index (Phi) is 3.16. The maximum absolute atomic E-state index is 11.5. The summed E-state index contributed by atoms with van der Waals surface area (Å²) in [6.45, 7) is 1.58. The SMILES string of the molecule is COC(=O)c1sc(N2Cc3ccccc3C2)nc1Cl. The number of hydrogen-bond acceptors (Lipinski definition) is 5. The van der Waals surface area contributed by atoms with Crippen LogP contribution in [0.5, 0.6) is 0 Å². The Morgan fingerprint density at radius 1 is 1.37 bits per heavy atom. The second kappa shape index (κ2) is 4.83. The normalized spacial score (nSPS) is 13.5. The van der Waals surface area contributed by atoms with Gasteiger partial charge in [0.25, 0.3) is 0 Å². The van der Waals surface area contributed by atoms with Crippen LogP contribution in [0.25, 0.3) is 0 Å². The molecular formula is C13H11ClN2O2S. The van der Waals surface area contributed by atoms with Gasteiger partial charge in [0.1, 0.15) is 0 Å². The molecule has 98 valence electrons. The number of nitrogens with zero attached hydrogens (tertiary/aromatic N) is 2. The molecule has 0 amide bonds. The molecule has 0 spiro atoms. The molecular weight excluding hydrogens is 284 g/mol. The molecule has 19 heavy (non-hydrogen) atoms. The van der Waals surface area contributed by atoms with Crippen molar-refractivity contribution in [2.45, 2.75) is 13.1 Å². The molecule has 1 aliphatic rings. The quantitative estimate of drug-likeness (QED) is 0.798. The minimum atomic E-state index is -0.439. The highest BCUT2D eigenvalue weighted by atomic mass is 35.5. The first-order valence-corrected chi connectivity index (χ1v) is 6.95. The molecule has 0 unspecified atom stereocenters. The molecule has 2 aromatic rings. The molecule has 1 aromatic heterocycles. The minimum absolute atomic E-state index is 0.211. The number of aromatic nitrogens is 1. The van der Waals surface area contributed by atoms with Crippen LogP contribution in [0.15, 0.2) is 24.3 Å². The summed E-state index contributed by atoms with van der Waals surface area (Å²) >= 11 is 7.25. The second-order valence-corrected chi connectivity index (χ2v) is 5.57. The number of fused-ring (bicyclic) bond motifs is 1. The molecule has 1 aliphatic heterocycles. The molecule has 0 N–H and O–H groups in total. The Balaban J connectivity index is 1.88. The standard InChI is InChI=1S/C13H11ClN2O2S/c1-18-12(17)10-11(14)15-13(19-10)16-6-8-4-2-3-5-9(8)7-16/h2-5H,6-7H2,1H3. The zero-order valence-corrected chi connectivity index (χ0v) is 11.8. The van der Waals surface area contributed by atoms with Crippen LogP contribution in [0.1, 0.15) is 20.8 Å². The molecule has 6 heteroatoms. The van der Waals surface area contributed by atoms with E-state index < -0.39 is 5.97 Å². The Morgan fingerprint density at radius 2 is 2.00 bits per heavy atom. The molecule has 2 heterocycles. The van der Waals surface area contributed by atoms with E-state index in [1.165, 1.54) is 29.6 Å². The van der Waals surface area contributed by atoms with E-state index in [4.69, 9.17) is 11.6 Å². The summed E-state index contributed by atoms with van der Waals surface area (Å²) in [7, 11) is 1.34. The lowest BCUT2D eigenvalue weighted by atomic mass is 10.1. The van der Waals surface area contributed by atoms with Crippen LogP contribution in [0.3, 0.4) is 0 Å². The van der Waals surface area contributed by atoms with Gasteiger partial charge >= 0.3 is 5.97 Å². The molecule has 0 aliphatic carbocycles. The van der Waals surface area contributed by atoms with E-state index in [0.29, 0.717) is 4.88 Å². The largest absolute Gasteiger partial charge is 0.465 e. The number of halogens is 1. The van der Waals surface area contributed by atoms with Crippen molar-refractivity contribution in [2.75, 3.05) is 12.0 Å². The average Bonchev–Trinajstić information content (AvgIpc) is 3.00. The zero-order valence-electron chi connectivity index (χ0n) is 10.2. The summed E-state index contributed by atoms with van der Waals surface area (Å²) in [5.74, 6) is -0.439. The van der Waals surface area contributed by atoms with Gasteiger partial charge in [-0.3, -0.25) is 0 Å². The third-order valence-electron chi connectivity index (χ3n) is 3.06. The molecule has 0 saturated heterocycles. The third kappa shape index (κ3) is 2.19. The Hall–Kier alpha value is -1.59. The van der Waals surface area contributed by atoms with Crippen molar-refractivity contribution in [3.05, 3.63) is 45.4 Å². The first kappa shape index (κ1) is 12.4. The van der Waals surface area contributed by atoms with Crippen LogP contribution in [-0.2, 0) is 17.8 Å². The second-order valence-electron chi connectivity index (χ2n) is 4.23. The van der Waals surface area contributed by atoms with Crippen LogP contribution < -0.4 is 4.90 Å². The number of rotatable bonds is 2. The number of hydrogen-bond donors (Lipinski definition) is 0. The zero-order chi connectivity index (χ0) is 13.4. The van der Waals surface area contributed by atoms with Gasteiger partial charge < -0.3 is 9.64 Å². The highest BCUT2D eigenvalue weighted by Gasteiger charge is 2.24. The van der Waals surface area contributed by atoms with E-state index in [9.17, 15) is 4.79 Å². The summed E-state index contributed by atoms with van der Waals surface area (Å²) < 4.78 is 4.68. The molecule has 0 bridgehead atoms. The van der Waals surface area contributed by atoms with Gasteiger partial charge in [-0.05, 0) is 11.1 Å². The summed E-state index contributed by atoms with van der Waals surface area (Å²) in [5, 5.41) is 0.962. The van der Waals surface area contributed by atoms with E-state index >= 15 is 0 Å². The number of methoxy groups -OCH3 is 1. The predicted octanol–water partition coefficient (Wildman–Crippen LogP) is 3.10. The van der Waals surface area contributed by atoms with E-state index in [1.807, 2.05) is 12.1 Å². The number of carbonyl (C=O) groups is 1. The fourth-order valence-corrected chi connectivity index (χ4v) is 3.31. The molecule has 0 saturated carbocycles. The smallest absolute Gasteiger partial charge is 0.351 e. The molecule has 0 fully saturated rings. The van der Waals surface area contributed by atoms with Gasteiger partial charge in [0.05, 0.1) is 7.11 Å². The average molecular weight is 295 g/mol. The Bertz CT molecular complexity index is 616. The van der Waals surface area contributed by atoms with Gasteiger partial charge in [-0.25, -0.2) is 9.78 Å². The van der Waals surface area contributed by atoms with Crippen molar-refractivity contribution >= 4 is 34.0 Å². The number of benzene rings is 1. The lowest BCUT2D eigenvalue weighted by Gasteiger charge is -2.12. The van der Waals surface area contributed by atoms with Crippen LogP contribution in [0.2, 0.25) is 5.15 Å². The van der Waals surface area contributed by atoms with Gasteiger partial charge in [0.15, 0.2) is 15.2 Å². The van der Waals surface area contributed by atoms with Crippen LogP contribution in [0, 0.1) is 0 Å². The monoisotopic (exact) mass is 294 g/mol. The molecule has 1 aromatic carbocycles. The molecule has 0 atom stereocenters. The topological polar surface area (TPSA) is 42.4 Å². The fraction of sp³-hybridized carbons (Fsp3) is 0.231. The van der Waals surface area contributed by atoms with Gasteiger partial charge in [-0.15, -0.1) is 0 Å². The van der Waals surface area contributed by atoms with Crippen molar-refractivity contribution in [3.8, 4) is 0 Å². The summed E-state index contributed by atoms with van der Waals surface area (Å²) in [4.78, 5) is 18.2. The molecule has 0 radical (unpaired) electrons. The maximum Gasteiger partial charge on any atom is 0.351 e. The van der Waals surface area contributed by atoms with Crippen LogP contribution >= 0.6 is 22.9 Å². The highest BCUT2D eigenvalue weighted by Crippen LogP contribution is 2.34. The number of anilines is 1. The number of ether oxygens (including phenoxy) is 1. The van der Waals surface area contributed by atoms with Gasteiger partial charge in [0.2, 0.25) is 0 Å². The first-order chi connectivity index (χ1) is 9.19. The van der Waals surface area contributed by atoms with Crippen molar-refractivity contribution in [3.63, 3.8) is 0 Å².